The van der Waals surface area contributed by atoms with E-state index in [-0.39, 0.29) is 0 Å². The van der Waals surface area contributed by atoms with Crippen molar-refractivity contribution < 1.29 is 4.74 Å². The Morgan fingerprint density at radius 1 is 1.22 bits per heavy atom. The van der Waals surface area contributed by atoms with Gasteiger partial charge >= 0.3 is 0 Å². The summed E-state index contributed by atoms with van der Waals surface area (Å²) in [5.41, 5.74) is 7.04. The molecule has 0 aromatic carbocycles. The monoisotopic (exact) mass is 241 g/mol. The van der Waals surface area contributed by atoms with Crippen molar-refractivity contribution in [3.05, 3.63) is 48.7 Å². The third-order valence-corrected chi connectivity index (χ3v) is 2.54. The van der Waals surface area contributed by atoms with Crippen molar-refractivity contribution in [3.63, 3.8) is 0 Å². The molecule has 0 fully saturated rings. The number of anilines is 1. The molecule has 0 radical (unpaired) electrons. The van der Waals surface area contributed by atoms with Gasteiger partial charge in [-0.15, -0.1) is 10.2 Å². The van der Waals surface area contributed by atoms with Crippen molar-refractivity contribution in [2.75, 3.05) is 5.73 Å². The number of nitrogens with zero attached hydrogens (tertiary/aromatic N) is 4. The van der Waals surface area contributed by atoms with E-state index in [0.29, 0.717) is 29.5 Å². The molecule has 0 saturated heterocycles. The second kappa shape index (κ2) is 4.33. The molecule has 90 valence electrons. The Labute approximate surface area is 103 Å². The molecule has 0 saturated carbocycles. The van der Waals surface area contributed by atoms with Gasteiger partial charge in [0.15, 0.2) is 11.5 Å². The van der Waals surface area contributed by atoms with E-state index >= 15 is 0 Å². The molecule has 0 spiro atoms. The fourth-order valence-corrected chi connectivity index (χ4v) is 1.66. The Hall–Kier alpha value is -2.63. The Morgan fingerprint density at radius 3 is 3.00 bits per heavy atom. The van der Waals surface area contributed by atoms with Gasteiger partial charge in [0.05, 0.1) is 11.9 Å². The fraction of sp³-hybridized carbons (Fsp3) is 0.0833. The maximum atomic E-state index is 5.80. The van der Waals surface area contributed by atoms with E-state index in [0.717, 1.165) is 0 Å². The lowest BCUT2D eigenvalue weighted by molar-refractivity contribution is 0.293. The molecule has 3 aromatic rings. The van der Waals surface area contributed by atoms with Crippen molar-refractivity contribution in [3.8, 4) is 5.75 Å². The Kier molecular flexibility index (Phi) is 2.53. The summed E-state index contributed by atoms with van der Waals surface area (Å²) in [6.45, 7) is 0.316. The SMILES string of the molecule is Nc1cccn2c(COc3cccnc3)nnc12. The maximum Gasteiger partial charge on any atom is 0.184 e. The average molecular weight is 241 g/mol. The highest BCUT2D eigenvalue weighted by atomic mass is 16.5. The summed E-state index contributed by atoms with van der Waals surface area (Å²) in [6, 6.07) is 7.29. The number of hydrogen-bond acceptors (Lipinski definition) is 5. The summed E-state index contributed by atoms with van der Waals surface area (Å²) >= 11 is 0. The van der Waals surface area contributed by atoms with Gasteiger partial charge in [-0.3, -0.25) is 9.38 Å². The van der Waals surface area contributed by atoms with Crippen LogP contribution in [-0.2, 0) is 6.61 Å². The number of ether oxygens (including phenoxy) is 1. The molecule has 0 unspecified atom stereocenters. The highest BCUT2D eigenvalue weighted by Crippen LogP contribution is 2.13. The van der Waals surface area contributed by atoms with Crippen molar-refractivity contribution >= 4 is 11.3 Å². The molecular formula is C12H11N5O. The van der Waals surface area contributed by atoms with Gasteiger partial charge in [-0.2, -0.15) is 0 Å². The van der Waals surface area contributed by atoms with Gasteiger partial charge < -0.3 is 10.5 Å². The van der Waals surface area contributed by atoms with Gasteiger partial charge in [-0.25, -0.2) is 0 Å². The second-order valence-corrected chi connectivity index (χ2v) is 3.75. The quantitative estimate of drug-likeness (QED) is 0.747. The first-order valence-corrected chi connectivity index (χ1v) is 5.45. The van der Waals surface area contributed by atoms with E-state index in [1.807, 2.05) is 28.8 Å². The smallest absolute Gasteiger partial charge is 0.184 e. The van der Waals surface area contributed by atoms with Gasteiger partial charge in [-0.05, 0) is 24.3 Å². The predicted molar refractivity (Wildman–Crippen MR) is 66.0 cm³/mol. The molecule has 0 aliphatic heterocycles. The van der Waals surface area contributed by atoms with Crippen LogP contribution in [0, 0.1) is 0 Å². The van der Waals surface area contributed by atoms with Crippen LogP contribution in [0.4, 0.5) is 5.69 Å². The van der Waals surface area contributed by atoms with E-state index in [1.54, 1.807) is 18.5 Å². The minimum Gasteiger partial charge on any atom is -0.484 e. The van der Waals surface area contributed by atoms with Crippen LogP contribution in [0.1, 0.15) is 5.82 Å². The minimum atomic E-state index is 0.316. The summed E-state index contributed by atoms with van der Waals surface area (Å²) in [6.07, 6.45) is 5.20. The van der Waals surface area contributed by atoms with E-state index in [9.17, 15) is 0 Å². The zero-order chi connectivity index (χ0) is 12.4. The lowest BCUT2D eigenvalue weighted by atomic mass is 10.4. The molecule has 3 rings (SSSR count). The summed E-state index contributed by atoms with van der Waals surface area (Å²) < 4.78 is 7.38. The summed E-state index contributed by atoms with van der Waals surface area (Å²) in [5, 5.41) is 8.08. The normalized spacial score (nSPS) is 10.7. The predicted octanol–water partition coefficient (Wildman–Crippen LogP) is 1.29. The second-order valence-electron chi connectivity index (χ2n) is 3.75. The van der Waals surface area contributed by atoms with Crippen LogP contribution in [0.25, 0.3) is 5.65 Å². The number of rotatable bonds is 3. The number of fused-ring (bicyclic) bond motifs is 1. The topological polar surface area (TPSA) is 78.3 Å². The first-order valence-electron chi connectivity index (χ1n) is 5.45. The van der Waals surface area contributed by atoms with Gasteiger partial charge in [0.1, 0.15) is 12.4 Å². The maximum absolute atomic E-state index is 5.80. The number of hydrogen-bond donors (Lipinski definition) is 1. The van der Waals surface area contributed by atoms with E-state index in [4.69, 9.17) is 10.5 Å². The molecule has 0 bridgehead atoms. The zero-order valence-electron chi connectivity index (χ0n) is 9.52. The molecule has 0 atom stereocenters. The molecule has 0 aliphatic carbocycles. The van der Waals surface area contributed by atoms with Crippen molar-refractivity contribution in [1.29, 1.82) is 0 Å². The molecule has 3 aromatic heterocycles. The Morgan fingerprint density at radius 2 is 2.17 bits per heavy atom. The molecule has 2 N–H and O–H groups in total. The molecule has 0 aliphatic rings. The Balaban J connectivity index is 1.85. The van der Waals surface area contributed by atoms with Crippen molar-refractivity contribution in [1.82, 2.24) is 19.6 Å². The summed E-state index contributed by atoms with van der Waals surface area (Å²) in [4.78, 5) is 3.97. The van der Waals surface area contributed by atoms with Crippen LogP contribution in [0.5, 0.6) is 5.75 Å². The molecule has 18 heavy (non-hydrogen) atoms. The van der Waals surface area contributed by atoms with Gasteiger partial charge in [0.2, 0.25) is 0 Å². The lowest BCUT2D eigenvalue weighted by Crippen LogP contribution is -2.02. The standard InChI is InChI=1S/C12H11N5O/c13-10-4-2-6-17-11(15-16-12(10)17)8-18-9-3-1-5-14-7-9/h1-7H,8,13H2. The van der Waals surface area contributed by atoms with Gasteiger partial charge in [-0.1, -0.05) is 0 Å². The first-order chi connectivity index (χ1) is 8.84. The van der Waals surface area contributed by atoms with E-state index in [1.165, 1.54) is 0 Å². The van der Waals surface area contributed by atoms with Crippen molar-refractivity contribution in [2.24, 2.45) is 0 Å². The first kappa shape index (κ1) is 10.5. The number of aromatic nitrogens is 4. The third kappa shape index (κ3) is 1.84. The van der Waals surface area contributed by atoms with Crippen molar-refractivity contribution in [2.45, 2.75) is 6.61 Å². The van der Waals surface area contributed by atoms with Gasteiger partial charge in [0.25, 0.3) is 0 Å². The van der Waals surface area contributed by atoms with Crippen LogP contribution >= 0.6 is 0 Å². The average Bonchev–Trinajstić information content (AvgIpc) is 2.82. The zero-order valence-corrected chi connectivity index (χ0v) is 9.52. The van der Waals surface area contributed by atoms with E-state index in [2.05, 4.69) is 15.2 Å². The molecule has 6 heteroatoms. The molecule has 0 amide bonds. The van der Waals surface area contributed by atoms with E-state index < -0.39 is 0 Å². The third-order valence-electron chi connectivity index (χ3n) is 2.54. The highest BCUT2D eigenvalue weighted by molar-refractivity contribution is 5.63. The minimum absolute atomic E-state index is 0.316. The number of nitrogens with two attached hydrogens (primary N) is 1. The molecular weight excluding hydrogens is 230 g/mol. The molecule has 3 heterocycles. The molecule has 6 nitrogen and oxygen atoms in total. The van der Waals surface area contributed by atoms with Crippen LogP contribution in [0.3, 0.4) is 0 Å². The van der Waals surface area contributed by atoms with Crippen LogP contribution in [0.15, 0.2) is 42.9 Å². The van der Waals surface area contributed by atoms with Crippen LogP contribution < -0.4 is 10.5 Å². The largest absolute Gasteiger partial charge is 0.484 e. The number of pyridine rings is 2. The van der Waals surface area contributed by atoms with Crippen LogP contribution in [-0.4, -0.2) is 19.6 Å². The lowest BCUT2D eigenvalue weighted by Gasteiger charge is -2.04. The van der Waals surface area contributed by atoms with Gasteiger partial charge in [0, 0.05) is 12.4 Å². The summed E-state index contributed by atoms with van der Waals surface area (Å²) in [5.74, 6) is 1.39. The fourth-order valence-electron chi connectivity index (χ4n) is 1.66. The summed E-state index contributed by atoms with van der Waals surface area (Å²) in [7, 11) is 0. The number of nitrogen functional groups attached to an aromatic ring is 1. The Bertz CT molecular complexity index is 665. The highest BCUT2D eigenvalue weighted by Gasteiger charge is 2.07. The van der Waals surface area contributed by atoms with Crippen LogP contribution in [0.2, 0.25) is 0 Å².